The highest BCUT2D eigenvalue weighted by Crippen LogP contribution is 2.50. The normalized spacial score (nSPS) is 12.1. The second kappa shape index (κ2) is 8.50. The van der Waals surface area contributed by atoms with Crippen LogP contribution in [-0.4, -0.2) is 19.9 Å². The molecule has 0 radical (unpaired) electrons. The van der Waals surface area contributed by atoms with E-state index in [4.69, 9.17) is 26.5 Å². The molecule has 2 heterocycles. The van der Waals surface area contributed by atoms with Crippen LogP contribution < -0.4 is 0 Å². The highest BCUT2D eigenvalue weighted by atomic mass is 19.1. The lowest BCUT2D eigenvalue weighted by molar-refractivity contribution is 0.608. The molecule has 0 atom stereocenters. The Balaban J connectivity index is 1.12. The highest BCUT2D eigenvalue weighted by Gasteiger charge is 2.29. The van der Waals surface area contributed by atoms with Gasteiger partial charge in [-0.1, -0.05) is 30.3 Å². The molecule has 0 bridgehead atoms. The SMILES string of the molecule is [C-]#[N+]c1ccc2c3c(ccc(C#N)c13)-c1nc3cc(-c4ccc5nc6c(nc5c4)-c4ccc(F)c5c(F)ccc-6c45)ccc3nc1-2. The number of nitrogens with zero attached hydrogens (tertiary/aromatic N) is 6. The third-order valence-corrected chi connectivity index (χ3v) is 9.12. The number of hydrogen-bond acceptors (Lipinski definition) is 5. The first-order valence-electron chi connectivity index (χ1n) is 14.5. The largest absolute Gasteiger partial charge is 0.244 e. The van der Waals surface area contributed by atoms with Gasteiger partial charge in [0.15, 0.2) is 5.69 Å². The van der Waals surface area contributed by atoms with Gasteiger partial charge in [-0.2, -0.15) is 5.26 Å². The third-order valence-electron chi connectivity index (χ3n) is 9.12. The molecule has 6 nitrogen and oxygen atoms in total. The molecule has 2 aromatic heterocycles. The van der Waals surface area contributed by atoms with Crippen molar-refractivity contribution in [3.8, 4) is 62.2 Å². The van der Waals surface area contributed by atoms with Crippen molar-refractivity contribution >= 4 is 49.3 Å². The van der Waals surface area contributed by atoms with E-state index in [0.717, 1.165) is 44.5 Å². The molecule has 210 valence electrons. The monoisotopic (exact) mass is 592 g/mol. The Bertz CT molecular complexity index is 2840. The van der Waals surface area contributed by atoms with Gasteiger partial charge in [-0.3, -0.25) is 0 Å². The standard InChI is InChI=1S/C38H14F2N6/c1-42-28-13-8-23-32-20(5-2-19(16-41)31(28)32)37-36(23)44-27-12-4-17(14-29(27)45-37)18-3-11-26-30(15-18)46-38-22-7-10-25(40)34-24(39)9-6-21(33(22)34)35(38)43-26/h2-15H. The third kappa shape index (κ3) is 3.05. The van der Waals surface area contributed by atoms with Crippen LogP contribution in [0.25, 0.3) is 105 Å². The second-order valence-corrected chi connectivity index (χ2v) is 11.5. The summed E-state index contributed by atoms with van der Waals surface area (Å²) in [6.45, 7) is 7.65. The fraction of sp³-hybridized carbons (Fsp3) is 0. The van der Waals surface area contributed by atoms with E-state index in [1.807, 2.05) is 48.5 Å². The topological polar surface area (TPSA) is 79.7 Å². The van der Waals surface area contributed by atoms with Crippen LogP contribution in [0, 0.1) is 29.5 Å². The maximum Gasteiger partial charge on any atom is 0.196 e. The van der Waals surface area contributed by atoms with Crippen LogP contribution in [-0.2, 0) is 0 Å². The summed E-state index contributed by atoms with van der Waals surface area (Å²) in [6, 6.07) is 27.1. The zero-order valence-corrected chi connectivity index (χ0v) is 23.5. The summed E-state index contributed by atoms with van der Waals surface area (Å²) in [6.07, 6.45) is 0. The maximum atomic E-state index is 14.6. The molecule has 2 aliphatic carbocycles. The summed E-state index contributed by atoms with van der Waals surface area (Å²) in [4.78, 5) is 23.5. The summed E-state index contributed by atoms with van der Waals surface area (Å²) < 4.78 is 29.3. The van der Waals surface area contributed by atoms with Gasteiger partial charge in [0.1, 0.15) is 11.6 Å². The summed E-state index contributed by atoms with van der Waals surface area (Å²) in [7, 11) is 0. The Morgan fingerprint density at radius 3 is 1.48 bits per heavy atom. The predicted octanol–water partition coefficient (Wildman–Crippen LogP) is 9.54. The van der Waals surface area contributed by atoms with E-state index in [1.165, 1.54) is 12.1 Å². The van der Waals surface area contributed by atoms with Gasteiger partial charge >= 0.3 is 0 Å². The lowest BCUT2D eigenvalue weighted by Gasteiger charge is -2.08. The Hall–Kier alpha value is -6.64. The molecule has 8 aromatic rings. The van der Waals surface area contributed by atoms with Crippen LogP contribution >= 0.6 is 0 Å². The summed E-state index contributed by atoms with van der Waals surface area (Å²) in [5.41, 5.74) is 11.2. The number of nitriles is 1. The van der Waals surface area contributed by atoms with Gasteiger partial charge < -0.3 is 0 Å². The van der Waals surface area contributed by atoms with Crippen LogP contribution in [0.3, 0.4) is 0 Å². The summed E-state index contributed by atoms with van der Waals surface area (Å²) in [5.74, 6) is -1.22. The lowest BCUT2D eigenvalue weighted by atomic mass is 9.98. The number of halogens is 2. The van der Waals surface area contributed by atoms with Crippen molar-refractivity contribution in [1.29, 1.82) is 5.26 Å². The van der Waals surface area contributed by atoms with Crippen LogP contribution in [0.4, 0.5) is 14.5 Å². The van der Waals surface area contributed by atoms with Crippen molar-refractivity contribution in [3.63, 3.8) is 0 Å². The van der Waals surface area contributed by atoms with Gasteiger partial charge in [0.2, 0.25) is 0 Å². The van der Waals surface area contributed by atoms with Crippen molar-refractivity contribution in [1.82, 2.24) is 19.9 Å². The molecule has 46 heavy (non-hydrogen) atoms. The minimum atomic E-state index is -0.608. The summed E-state index contributed by atoms with van der Waals surface area (Å²) in [5, 5.41) is 11.7. The molecule has 0 N–H and O–H groups in total. The first kappa shape index (κ1) is 24.8. The first-order chi connectivity index (χ1) is 22.5. The Morgan fingerprint density at radius 1 is 0.522 bits per heavy atom. The smallest absolute Gasteiger partial charge is 0.196 e. The highest BCUT2D eigenvalue weighted by molar-refractivity contribution is 6.19. The molecule has 2 aliphatic rings. The zero-order chi connectivity index (χ0) is 30.8. The lowest BCUT2D eigenvalue weighted by Crippen LogP contribution is -1.93. The number of benzene rings is 6. The van der Waals surface area contributed by atoms with Crippen molar-refractivity contribution < 1.29 is 8.78 Å². The van der Waals surface area contributed by atoms with E-state index >= 15 is 0 Å². The van der Waals surface area contributed by atoms with E-state index in [1.54, 1.807) is 24.3 Å². The molecular formula is C38H14F2N6. The van der Waals surface area contributed by atoms with E-state index < -0.39 is 11.6 Å². The molecule has 0 unspecified atom stereocenters. The average Bonchev–Trinajstić information content (AvgIpc) is 3.57. The number of hydrogen-bond donors (Lipinski definition) is 0. The molecule has 0 saturated heterocycles. The van der Waals surface area contributed by atoms with Gasteiger partial charge in [0.25, 0.3) is 0 Å². The molecule has 0 fully saturated rings. The second-order valence-electron chi connectivity index (χ2n) is 11.5. The molecule has 10 rings (SSSR count). The number of rotatable bonds is 1. The predicted molar refractivity (Wildman–Crippen MR) is 173 cm³/mol. The van der Waals surface area contributed by atoms with E-state index in [2.05, 4.69) is 10.9 Å². The minimum absolute atomic E-state index is 0.0417. The molecule has 0 saturated carbocycles. The maximum absolute atomic E-state index is 14.6. The van der Waals surface area contributed by atoms with E-state index in [0.29, 0.717) is 61.1 Å². The van der Waals surface area contributed by atoms with Gasteiger partial charge in [-0.05, 0) is 71.1 Å². The summed E-state index contributed by atoms with van der Waals surface area (Å²) >= 11 is 0. The van der Waals surface area contributed by atoms with E-state index in [9.17, 15) is 14.0 Å². The molecule has 6 aromatic carbocycles. The van der Waals surface area contributed by atoms with Gasteiger partial charge in [-0.15, -0.1) is 0 Å². The Kier molecular flexibility index (Phi) is 4.58. The van der Waals surface area contributed by atoms with Crippen LogP contribution in [0.5, 0.6) is 0 Å². The fourth-order valence-electron chi connectivity index (χ4n) is 7.09. The van der Waals surface area contributed by atoms with Crippen molar-refractivity contribution in [2.24, 2.45) is 0 Å². The molecular weight excluding hydrogens is 578 g/mol. The first-order valence-corrected chi connectivity index (χ1v) is 14.5. The zero-order valence-electron chi connectivity index (χ0n) is 23.5. The van der Waals surface area contributed by atoms with Crippen molar-refractivity contribution in [3.05, 3.63) is 114 Å². The number of fused-ring (bicyclic) bond motifs is 8. The van der Waals surface area contributed by atoms with Gasteiger partial charge in [-0.25, -0.2) is 33.6 Å². The molecule has 8 heteroatoms. The van der Waals surface area contributed by atoms with Crippen molar-refractivity contribution in [2.75, 3.05) is 0 Å². The molecule has 0 spiro atoms. The van der Waals surface area contributed by atoms with Gasteiger partial charge in [0.05, 0.1) is 62.9 Å². The van der Waals surface area contributed by atoms with E-state index in [-0.39, 0.29) is 5.39 Å². The van der Waals surface area contributed by atoms with Crippen LogP contribution in [0.1, 0.15) is 5.56 Å². The van der Waals surface area contributed by atoms with Crippen molar-refractivity contribution in [2.45, 2.75) is 0 Å². The Morgan fingerprint density at radius 2 is 0.978 bits per heavy atom. The number of aromatic nitrogens is 4. The molecule has 0 aliphatic heterocycles. The molecule has 0 amide bonds. The quantitative estimate of drug-likeness (QED) is 0.177. The average molecular weight is 593 g/mol. The Labute approximate surface area is 258 Å². The van der Waals surface area contributed by atoms with Crippen LogP contribution in [0.15, 0.2) is 84.9 Å². The minimum Gasteiger partial charge on any atom is -0.244 e. The fourth-order valence-corrected chi connectivity index (χ4v) is 7.09. The van der Waals surface area contributed by atoms with Crippen LogP contribution in [0.2, 0.25) is 0 Å². The van der Waals surface area contributed by atoms with Gasteiger partial charge in [0, 0.05) is 38.6 Å².